The number of ether oxygens (including phenoxy) is 1. The van der Waals surface area contributed by atoms with Crippen LogP contribution >= 0.6 is 0 Å². The van der Waals surface area contributed by atoms with Gasteiger partial charge in [0.25, 0.3) is 5.91 Å². The van der Waals surface area contributed by atoms with Crippen molar-refractivity contribution in [2.24, 2.45) is 0 Å². The van der Waals surface area contributed by atoms with Crippen LogP contribution in [-0.2, 0) is 15.1 Å². The molecule has 2 rings (SSSR count). The van der Waals surface area contributed by atoms with E-state index in [0.717, 1.165) is 5.69 Å². The van der Waals surface area contributed by atoms with Gasteiger partial charge < -0.3 is 14.7 Å². The molecule has 1 aliphatic rings. The maximum Gasteiger partial charge on any atom is 0.305 e. The van der Waals surface area contributed by atoms with Gasteiger partial charge in [0, 0.05) is 12.2 Å². The lowest BCUT2D eigenvalue weighted by Gasteiger charge is -2.34. The van der Waals surface area contributed by atoms with Gasteiger partial charge in [0.05, 0.1) is 43.0 Å². The standard InChI is InChI=1S/C15H23N3O4/c1-10-12(8-16-18(10)15(2,3)4)14(21)17-5-6-22-9-11(17)7-13(19)20/h8,11H,5-7,9H2,1-4H3,(H,19,20). The third-order valence-corrected chi connectivity index (χ3v) is 3.77. The van der Waals surface area contributed by atoms with Crippen LogP contribution in [0.5, 0.6) is 0 Å². The normalized spacial score (nSPS) is 19.3. The number of hydrogen-bond donors (Lipinski definition) is 1. The molecule has 0 radical (unpaired) electrons. The molecule has 2 heterocycles. The summed E-state index contributed by atoms with van der Waals surface area (Å²) >= 11 is 0. The van der Waals surface area contributed by atoms with Crippen molar-refractivity contribution in [1.29, 1.82) is 0 Å². The SMILES string of the molecule is Cc1c(C(=O)N2CCOCC2CC(=O)O)cnn1C(C)(C)C. The van der Waals surface area contributed by atoms with E-state index < -0.39 is 12.0 Å². The third kappa shape index (κ3) is 3.30. The van der Waals surface area contributed by atoms with Crippen LogP contribution in [0.3, 0.4) is 0 Å². The Morgan fingerprint density at radius 1 is 1.45 bits per heavy atom. The zero-order valence-corrected chi connectivity index (χ0v) is 13.5. The number of hydrogen-bond acceptors (Lipinski definition) is 4. The van der Waals surface area contributed by atoms with Gasteiger partial charge in [0.1, 0.15) is 0 Å². The lowest BCUT2D eigenvalue weighted by atomic mass is 10.1. The molecular weight excluding hydrogens is 286 g/mol. The minimum absolute atomic E-state index is 0.113. The van der Waals surface area contributed by atoms with Crippen molar-refractivity contribution in [2.75, 3.05) is 19.8 Å². The van der Waals surface area contributed by atoms with Crippen molar-refractivity contribution < 1.29 is 19.4 Å². The van der Waals surface area contributed by atoms with Crippen molar-refractivity contribution in [2.45, 2.75) is 45.7 Å². The lowest BCUT2D eigenvalue weighted by Crippen LogP contribution is -2.49. The fourth-order valence-electron chi connectivity index (χ4n) is 2.74. The van der Waals surface area contributed by atoms with Crippen LogP contribution in [0.4, 0.5) is 0 Å². The summed E-state index contributed by atoms with van der Waals surface area (Å²) in [6, 6.07) is -0.434. The molecule has 7 nitrogen and oxygen atoms in total. The summed E-state index contributed by atoms with van der Waals surface area (Å²) in [5.74, 6) is -1.11. The largest absolute Gasteiger partial charge is 0.481 e. The molecule has 22 heavy (non-hydrogen) atoms. The van der Waals surface area contributed by atoms with Crippen LogP contribution in [-0.4, -0.2) is 57.5 Å². The van der Waals surface area contributed by atoms with Crippen LogP contribution < -0.4 is 0 Å². The summed E-state index contributed by atoms with van der Waals surface area (Å²) in [6.07, 6.45) is 1.45. The second-order valence-electron chi connectivity index (χ2n) is 6.55. The lowest BCUT2D eigenvalue weighted by molar-refractivity contribution is -0.139. The van der Waals surface area contributed by atoms with Crippen LogP contribution in [0.15, 0.2) is 6.20 Å². The van der Waals surface area contributed by atoms with Gasteiger partial charge in [0.2, 0.25) is 0 Å². The molecule has 0 spiro atoms. The molecule has 122 valence electrons. The summed E-state index contributed by atoms with van der Waals surface area (Å²) in [7, 11) is 0. The molecule has 1 aromatic heterocycles. The quantitative estimate of drug-likeness (QED) is 0.908. The van der Waals surface area contributed by atoms with Crippen molar-refractivity contribution in [1.82, 2.24) is 14.7 Å². The maximum absolute atomic E-state index is 12.8. The van der Waals surface area contributed by atoms with E-state index in [1.165, 1.54) is 0 Å². The molecule has 1 saturated heterocycles. The van der Waals surface area contributed by atoms with E-state index in [9.17, 15) is 9.59 Å². The Hall–Kier alpha value is -1.89. The number of carbonyl (C=O) groups excluding carboxylic acids is 1. The Morgan fingerprint density at radius 3 is 2.68 bits per heavy atom. The average Bonchev–Trinajstić information content (AvgIpc) is 2.79. The number of aliphatic carboxylic acids is 1. The molecule has 0 aliphatic carbocycles. The molecule has 0 aromatic carbocycles. The van der Waals surface area contributed by atoms with Crippen LogP contribution in [0, 0.1) is 6.92 Å². The summed E-state index contributed by atoms with van der Waals surface area (Å²) in [4.78, 5) is 25.3. The van der Waals surface area contributed by atoms with E-state index in [2.05, 4.69) is 5.10 Å². The zero-order valence-electron chi connectivity index (χ0n) is 13.5. The van der Waals surface area contributed by atoms with E-state index in [-0.39, 0.29) is 24.5 Å². The highest BCUT2D eigenvalue weighted by Crippen LogP contribution is 2.21. The Morgan fingerprint density at radius 2 is 2.14 bits per heavy atom. The number of carbonyl (C=O) groups is 2. The number of morpholine rings is 1. The predicted octanol–water partition coefficient (Wildman–Crippen LogP) is 1.26. The second kappa shape index (κ2) is 6.08. The Kier molecular flexibility index (Phi) is 4.55. The van der Waals surface area contributed by atoms with Gasteiger partial charge in [-0.15, -0.1) is 0 Å². The molecule has 1 aliphatic heterocycles. The first kappa shape index (κ1) is 16.5. The number of rotatable bonds is 3. The van der Waals surface area contributed by atoms with Gasteiger partial charge in [0.15, 0.2) is 0 Å². The van der Waals surface area contributed by atoms with Crippen LogP contribution in [0.25, 0.3) is 0 Å². The van der Waals surface area contributed by atoms with E-state index in [0.29, 0.717) is 18.7 Å². The first-order valence-corrected chi connectivity index (χ1v) is 7.37. The second-order valence-corrected chi connectivity index (χ2v) is 6.55. The molecule has 1 amide bonds. The maximum atomic E-state index is 12.8. The van der Waals surface area contributed by atoms with Crippen molar-refractivity contribution in [3.8, 4) is 0 Å². The van der Waals surface area contributed by atoms with Crippen LogP contribution in [0.2, 0.25) is 0 Å². The molecular formula is C15H23N3O4. The topological polar surface area (TPSA) is 84.7 Å². The summed E-state index contributed by atoms with van der Waals surface area (Å²) in [5.41, 5.74) is 1.10. The molecule has 1 N–H and O–H groups in total. The van der Waals surface area contributed by atoms with Crippen molar-refractivity contribution >= 4 is 11.9 Å². The molecule has 1 atom stereocenters. The molecule has 0 bridgehead atoms. The Labute approximate surface area is 129 Å². The number of carboxylic acids is 1. The molecule has 1 aromatic rings. The minimum atomic E-state index is -0.935. The van der Waals surface area contributed by atoms with Gasteiger partial charge in [-0.2, -0.15) is 5.10 Å². The smallest absolute Gasteiger partial charge is 0.305 e. The third-order valence-electron chi connectivity index (χ3n) is 3.77. The fourth-order valence-corrected chi connectivity index (χ4v) is 2.74. The number of amides is 1. The average molecular weight is 309 g/mol. The highest BCUT2D eigenvalue weighted by atomic mass is 16.5. The molecule has 7 heteroatoms. The molecule has 0 saturated carbocycles. The highest BCUT2D eigenvalue weighted by molar-refractivity contribution is 5.95. The van der Waals surface area contributed by atoms with Gasteiger partial charge in [-0.3, -0.25) is 14.3 Å². The van der Waals surface area contributed by atoms with E-state index >= 15 is 0 Å². The monoisotopic (exact) mass is 309 g/mol. The summed E-state index contributed by atoms with van der Waals surface area (Å²) < 4.78 is 7.12. The fraction of sp³-hybridized carbons (Fsp3) is 0.667. The summed E-state index contributed by atoms with van der Waals surface area (Å²) in [6.45, 7) is 8.99. The Balaban J connectivity index is 2.26. The van der Waals surface area contributed by atoms with Crippen molar-refractivity contribution in [3.63, 3.8) is 0 Å². The van der Waals surface area contributed by atoms with E-state index in [4.69, 9.17) is 9.84 Å². The van der Waals surface area contributed by atoms with Gasteiger partial charge in [-0.25, -0.2) is 0 Å². The summed E-state index contributed by atoms with van der Waals surface area (Å²) in [5, 5.41) is 13.3. The van der Waals surface area contributed by atoms with Gasteiger partial charge in [-0.1, -0.05) is 0 Å². The van der Waals surface area contributed by atoms with Crippen LogP contribution in [0.1, 0.15) is 43.2 Å². The van der Waals surface area contributed by atoms with Gasteiger partial charge in [-0.05, 0) is 27.7 Å². The number of nitrogens with zero attached hydrogens (tertiary/aromatic N) is 3. The number of aromatic nitrogens is 2. The molecule has 1 fully saturated rings. The molecule has 1 unspecified atom stereocenters. The first-order valence-electron chi connectivity index (χ1n) is 7.37. The van der Waals surface area contributed by atoms with Gasteiger partial charge >= 0.3 is 5.97 Å². The zero-order chi connectivity index (χ0) is 16.5. The van der Waals surface area contributed by atoms with E-state index in [1.54, 1.807) is 11.1 Å². The number of carboxylic acid groups (broad SMARTS) is 1. The Bertz CT molecular complexity index is 574. The minimum Gasteiger partial charge on any atom is -0.481 e. The van der Waals surface area contributed by atoms with E-state index in [1.807, 2.05) is 32.4 Å². The predicted molar refractivity (Wildman–Crippen MR) is 79.9 cm³/mol. The highest BCUT2D eigenvalue weighted by Gasteiger charge is 2.32. The first-order chi connectivity index (χ1) is 10.2. The van der Waals surface area contributed by atoms with Crippen molar-refractivity contribution in [3.05, 3.63) is 17.5 Å².